The van der Waals surface area contributed by atoms with Crippen LogP contribution in [0.2, 0.25) is 0 Å². The summed E-state index contributed by atoms with van der Waals surface area (Å²) in [5, 5.41) is 7.54. The van der Waals surface area contributed by atoms with Gasteiger partial charge in [0.05, 0.1) is 11.0 Å². The maximum atomic E-state index is 2.40. The molecular formula is C58H42N2. The summed E-state index contributed by atoms with van der Waals surface area (Å²) in [6.07, 6.45) is 0.992. The summed E-state index contributed by atoms with van der Waals surface area (Å²) in [5.41, 5.74) is 15.6. The summed E-state index contributed by atoms with van der Waals surface area (Å²) in [4.78, 5) is 2.38. The van der Waals surface area contributed by atoms with E-state index in [4.69, 9.17) is 0 Å². The number of anilines is 3. The van der Waals surface area contributed by atoms with Crippen molar-refractivity contribution in [2.45, 2.75) is 13.3 Å². The normalized spacial score (nSPS) is 11.5. The zero-order valence-electron chi connectivity index (χ0n) is 33.5. The molecule has 0 N–H and O–H groups in total. The Balaban J connectivity index is 1.06. The molecule has 0 unspecified atom stereocenters. The fourth-order valence-electron chi connectivity index (χ4n) is 9.29. The van der Waals surface area contributed by atoms with Gasteiger partial charge in [-0.2, -0.15) is 0 Å². The molecule has 0 aliphatic rings. The Bertz CT molecular complexity index is 3310. The third kappa shape index (κ3) is 6.04. The molecule has 60 heavy (non-hydrogen) atoms. The molecular weight excluding hydrogens is 725 g/mol. The third-order valence-electron chi connectivity index (χ3n) is 12.1. The van der Waals surface area contributed by atoms with Crippen LogP contribution in [0, 0.1) is 0 Å². The quantitative estimate of drug-likeness (QED) is 0.140. The molecule has 10 aromatic carbocycles. The molecule has 0 saturated heterocycles. The van der Waals surface area contributed by atoms with Crippen LogP contribution < -0.4 is 4.90 Å². The Morgan fingerprint density at radius 2 is 0.817 bits per heavy atom. The predicted molar refractivity (Wildman–Crippen MR) is 256 cm³/mol. The standard InChI is InChI=1S/C58H42N2/c1-2-40-27-35-55-52(37-40)53-39-48(33-36-56(53)60(55)46-23-13-6-14-24-46)59(45-21-11-5-12-22-45)47-31-28-41(29-32-47)44-30-34-51-54(38-44)58(43-19-9-4-10-20-43)50-26-16-15-25-49(50)57(51)42-17-7-3-8-18-42/h3-39H,2H2,1H3. The molecule has 0 aliphatic heterocycles. The molecule has 11 rings (SSSR count). The van der Waals surface area contributed by atoms with E-state index in [2.05, 4.69) is 241 Å². The molecule has 0 saturated carbocycles. The Hall–Kier alpha value is -7.68. The summed E-state index contributed by atoms with van der Waals surface area (Å²) in [5.74, 6) is 0. The first kappa shape index (κ1) is 35.5. The fraction of sp³-hybridized carbons (Fsp3) is 0.0345. The van der Waals surface area contributed by atoms with Gasteiger partial charge in [0.15, 0.2) is 0 Å². The van der Waals surface area contributed by atoms with Gasteiger partial charge in [0.25, 0.3) is 0 Å². The van der Waals surface area contributed by atoms with Crippen molar-refractivity contribution < 1.29 is 0 Å². The first-order valence-corrected chi connectivity index (χ1v) is 20.9. The smallest absolute Gasteiger partial charge is 0.0542 e. The minimum Gasteiger partial charge on any atom is -0.310 e. The topological polar surface area (TPSA) is 8.17 Å². The highest BCUT2D eigenvalue weighted by atomic mass is 15.1. The SMILES string of the molecule is CCc1ccc2c(c1)c1cc(N(c3ccccc3)c3ccc(-c4ccc5c(-c6ccccc6)c6ccccc6c(-c6ccccc6)c5c4)cc3)ccc1n2-c1ccccc1. The molecule has 2 nitrogen and oxygen atoms in total. The lowest BCUT2D eigenvalue weighted by Crippen LogP contribution is -2.09. The van der Waals surface area contributed by atoms with E-state index in [1.165, 1.54) is 88.0 Å². The van der Waals surface area contributed by atoms with Gasteiger partial charge < -0.3 is 9.47 Å². The monoisotopic (exact) mass is 766 g/mol. The maximum Gasteiger partial charge on any atom is 0.0542 e. The van der Waals surface area contributed by atoms with Gasteiger partial charge in [-0.05, 0) is 140 Å². The average Bonchev–Trinajstić information content (AvgIpc) is 3.65. The van der Waals surface area contributed by atoms with E-state index in [-0.39, 0.29) is 0 Å². The molecule has 0 bridgehead atoms. The van der Waals surface area contributed by atoms with Crippen molar-refractivity contribution in [3.63, 3.8) is 0 Å². The molecule has 2 heteroatoms. The number of aryl methyl sites for hydroxylation is 1. The highest BCUT2D eigenvalue weighted by molar-refractivity contribution is 6.22. The van der Waals surface area contributed by atoms with Crippen molar-refractivity contribution >= 4 is 60.4 Å². The summed E-state index contributed by atoms with van der Waals surface area (Å²) < 4.78 is 2.40. The van der Waals surface area contributed by atoms with Crippen LogP contribution in [0.5, 0.6) is 0 Å². The second-order valence-electron chi connectivity index (χ2n) is 15.6. The van der Waals surface area contributed by atoms with Gasteiger partial charge in [0.1, 0.15) is 0 Å². The number of benzene rings is 10. The van der Waals surface area contributed by atoms with E-state index in [0.29, 0.717) is 0 Å². The van der Waals surface area contributed by atoms with Crippen LogP contribution in [0.1, 0.15) is 12.5 Å². The summed E-state index contributed by atoms with van der Waals surface area (Å²) >= 11 is 0. The van der Waals surface area contributed by atoms with E-state index in [0.717, 1.165) is 23.5 Å². The average molecular weight is 767 g/mol. The second kappa shape index (κ2) is 14.9. The zero-order valence-corrected chi connectivity index (χ0v) is 33.5. The number of hydrogen-bond donors (Lipinski definition) is 0. The molecule has 1 heterocycles. The van der Waals surface area contributed by atoms with Gasteiger partial charge in [-0.3, -0.25) is 0 Å². The molecule has 11 aromatic rings. The van der Waals surface area contributed by atoms with Gasteiger partial charge in [0, 0.05) is 33.5 Å². The number of nitrogens with zero attached hydrogens (tertiary/aromatic N) is 2. The summed E-state index contributed by atoms with van der Waals surface area (Å²) in [6, 6.07) is 82.0. The van der Waals surface area contributed by atoms with Gasteiger partial charge >= 0.3 is 0 Å². The highest BCUT2D eigenvalue weighted by Crippen LogP contribution is 2.45. The van der Waals surface area contributed by atoms with Gasteiger partial charge in [0.2, 0.25) is 0 Å². The zero-order chi connectivity index (χ0) is 40.0. The molecule has 0 spiro atoms. The largest absolute Gasteiger partial charge is 0.310 e. The van der Waals surface area contributed by atoms with E-state index in [9.17, 15) is 0 Å². The van der Waals surface area contributed by atoms with Gasteiger partial charge in [-0.1, -0.05) is 159 Å². The van der Waals surface area contributed by atoms with Crippen molar-refractivity contribution in [1.82, 2.24) is 4.57 Å². The summed E-state index contributed by atoms with van der Waals surface area (Å²) in [6.45, 7) is 2.23. The van der Waals surface area contributed by atoms with Crippen molar-refractivity contribution in [3.8, 4) is 39.1 Å². The third-order valence-corrected chi connectivity index (χ3v) is 12.1. The van der Waals surface area contributed by atoms with Crippen molar-refractivity contribution in [2.75, 3.05) is 4.90 Å². The fourth-order valence-corrected chi connectivity index (χ4v) is 9.29. The first-order valence-electron chi connectivity index (χ1n) is 20.9. The van der Waals surface area contributed by atoms with Crippen LogP contribution in [-0.4, -0.2) is 4.57 Å². The molecule has 284 valence electrons. The first-order chi connectivity index (χ1) is 29.7. The molecule has 0 amide bonds. The van der Waals surface area contributed by atoms with Crippen molar-refractivity contribution in [3.05, 3.63) is 230 Å². The minimum absolute atomic E-state index is 0.992. The van der Waals surface area contributed by atoms with E-state index in [1.807, 2.05) is 0 Å². The van der Waals surface area contributed by atoms with E-state index in [1.54, 1.807) is 0 Å². The lowest BCUT2D eigenvalue weighted by molar-refractivity contribution is 1.14. The Labute approximate surface area is 350 Å². The number of para-hydroxylation sites is 2. The number of aromatic nitrogens is 1. The maximum absolute atomic E-state index is 2.40. The van der Waals surface area contributed by atoms with Crippen molar-refractivity contribution in [1.29, 1.82) is 0 Å². The molecule has 0 radical (unpaired) electrons. The number of hydrogen-bond acceptors (Lipinski definition) is 1. The Kier molecular flexibility index (Phi) is 8.82. The van der Waals surface area contributed by atoms with Crippen LogP contribution in [0.3, 0.4) is 0 Å². The highest BCUT2D eigenvalue weighted by Gasteiger charge is 2.20. The van der Waals surface area contributed by atoms with Crippen molar-refractivity contribution in [2.24, 2.45) is 0 Å². The van der Waals surface area contributed by atoms with Crippen LogP contribution in [0.15, 0.2) is 224 Å². The molecule has 0 fully saturated rings. The van der Waals surface area contributed by atoms with E-state index < -0.39 is 0 Å². The molecule has 0 aliphatic carbocycles. The van der Waals surface area contributed by atoms with E-state index >= 15 is 0 Å². The van der Waals surface area contributed by atoms with Crippen LogP contribution in [0.25, 0.3) is 82.4 Å². The van der Waals surface area contributed by atoms with Gasteiger partial charge in [-0.25, -0.2) is 0 Å². The molecule has 1 aromatic heterocycles. The molecule has 0 atom stereocenters. The Morgan fingerprint density at radius 3 is 1.45 bits per heavy atom. The predicted octanol–water partition coefficient (Wildman–Crippen LogP) is 16.1. The Morgan fingerprint density at radius 1 is 0.333 bits per heavy atom. The van der Waals surface area contributed by atoms with Crippen LogP contribution in [0.4, 0.5) is 17.1 Å². The second-order valence-corrected chi connectivity index (χ2v) is 15.6. The number of fused-ring (bicyclic) bond motifs is 5. The lowest BCUT2D eigenvalue weighted by atomic mass is 9.85. The lowest BCUT2D eigenvalue weighted by Gasteiger charge is -2.26. The van der Waals surface area contributed by atoms with Crippen LogP contribution >= 0.6 is 0 Å². The van der Waals surface area contributed by atoms with Gasteiger partial charge in [-0.15, -0.1) is 0 Å². The number of rotatable bonds is 8. The van der Waals surface area contributed by atoms with Crippen LogP contribution in [-0.2, 0) is 6.42 Å². The minimum atomic E-state index is 0.992. The summed E-state index contributed by atoms with van der Waals surface area (Å²) in [7, 11) is 0.